The van der Waals surface area contributed by atoms with E-state index in [4.69, 9.17) is 0 Å². The van der Waals surface area contributed by atoms with E-state index in [1.54, 1.807) is 0 Å². The molecule has 0 saturated heterocycles. The smallest absolute Gasteiger partial charge is 0.219 e. The highest BCUT2D eigenvalue weighted by Gasteiger charge is 2.33. The van der Waals surface area contributed by atoms with Crippen molar-refractivity contribution in [3.8, 4) is 0 Å². The van der Waals surface area contributed by atoms with Crippen molar-refractivity contribution >= 4 is 5.91 Å². The third-order valence-electron chi connectivity index (χ3n) is 3.69. The summed E-state index contributed by atoms with van der Waals surface area (Å²) in [5.74, 6) is 0.884. The number of amides is 1. The summed E-state index contributed by atoms with van der Waals surface area (Å²) in [6.45, 7) is 8.64. The molecule has 1 fully saturated rings. The van der Waals surface area contributed by atoms with Crippen LogP contribution in [0.15, 0.2) is 0 Å². The Morgan fingerprint density at radius 1 is 1.25 bits per heavy atom. The summed E-state index contributed by atoms with van der Waals surface area (Å²) >= 11 is 0. The summed E-state index contributed by atoms with van der Waals surface area (Å²) in [6.07, 6.45) is 7.20. The number of carbonyl (C=O) groups is 1. The van der Waals surface area contributed by atoms with Gasteiger partial charge in [0.25, 0.3) is 0 Å². The van der Waals surface area contributed by atoms with Gasteiger partial charge in [0.15, 0.2) is 0 Å². The molecule has 0 bridgehead atoms. The molecule has 2 heteroatoms. The topological polar surface area (TPSA) is 29.1 Å². The molecular formula is C14H27NO. The van der Waals surface area contributed by atoms with E-state index in [0.29, 0.717) is 18.4 Å². The second-order valence-electron chi connectivity index (χ2n) is 6.16. The maximum absolute atomic E-state index is 11.6. The zero-order chi connectivity index (χ0) is 12.2. The minimum absolute atomic E-state index is 0.173. The first-order valence-electron chi connectivity index (χ1n) is 6.74. The SMILES string of the molecule is CCC(=O)NC(C1CCCCC1)C(C)(C)C. The van der Waals surface area contributed by atoms with E-state index in [-0.39, 0.29) is 11.3 Å². The van der Waals surface area contributed by atoms with E-state index < -0.39 is 0 Å². The fourth-order valence-electron chi connectivity index (χ4n) is 2.78. The molecule has 0 aliphatic heterocycles. The summed E-state index contributed by atoms with van der Waals surface area (Å²) in [4.78, 5) is 11.6. The molecule has 2 nitrogen and oxygen atoms in total. The minimum Gasteiger partial charge on any atom is -0.353 e. The van der Waals surface area contributed by atoms with Crippen LogP contribution in [0.3, 0.4) is 0 Å². The number of hydrogen-bond donors (Lipinski definition) is 1. The molecule has 1 N–H and O–H groups in total. The van der Waals surface area contributed by atoms with E-state index >= 15 is 0 Å². The lowest BCUT2D eigenvalue weighted by molar-refractivity contribution is -0.123. The molecule has 1 unspecified atom stereocenters. The predicted molar refractivity (Wildman–Crippen MR) is 68.3 cm³/mol. The number of hydrogen-bond acceptors (Lipinski definition) is 1. The van der Waals surface area contributed by atoms with Gasteiger partial charge in [-0.05, 0) is 24.2 Å². The molecule has 0 radical (unpaired) electrons. The van der Waals surface area contributed by atoms with Crippen LogP contribution in [0.25, 0.3) is 0 Å². The molecule has 1 aliphatic rings. The van der Waals surface area contributed by atoms with Crippen LogP contribution in [-0.2, 0) is 4.79 Å². The van der Waals surface area contributed by atoms with E-state index in [2.05, 4.69) is 26.1 Å². The first-order valence-corrected chi connectivity index (χ1v) is 6.74. The summed E-state index contributed by atoms with van der Waals surface area (Å²) in [7, 11) is 0. The molecule has 1 rings (SSSR count). The van der Waals surface area contributed by atoms with Crippen LogP contribution in [0.2, 0.25) is 0 Å². The van der Waals surface area contributed by atoms with Crippen molar-refractivity contribution in [2.45, 2.75) is 72.3 Å². The Labute approximate surface area is 100 Å². The highest BCUT2D eigenvalue weighted by atomic mass is 16.1. The van der Waals surface area contributed by atoms with Crippen LogP contribution in [0, 0.1) is 11.3 Å². The van der Waals surface area contributed by atoms with E-state index in [1.807, 2.05) is 6.92 Å². The van der Waals surface area contributed by atoms with Gasteiger partial charge in [0.1, 0.15) is 0 Å². The summed E-state index contributed by atoms with van der Waals surface area (Å²) in [6, 6.07) is 0.347. The van der Waals surface area contributed by atoms with E-state index in [0.717, 1.165) is 0 Å². The van der Waals surface area contributed by atoms with Gasteiger partial charge in [0.05, 0.1) is 0 Å². The minimum atomic E-state index is 0.173. The zero-order valence-corrected chi connectivity index (χ0v) is 11.3. The van der Waals surface area contributed by atoms with Gasteiger partial charge in [-0.1, -0.05) is 47.0 Å². The lowest BCUT2D eigenvalue weighted by Gasteiger charge is -2.39. The highest BCUT2D eigenvalue weighted by Crippen LogP contribution is 2.34. The third kappa shape index (κ3) is 3.80. The predicted octanol–water partition coefficient (Wildman–Crippen LogP) is 3.51. The lowest BCUT2D eigenvalue weighted by atomic mass is 9.73. The van der Waals surface area contributed by atoms with Crippen LogP contribution in [0.1, 0.15) is 66.2 Å². The van der Waals surface area contributed by atoms with Crippen LogP contribution in [0.5, 0.6) is 0 Å². The third-order valence-corrected chi connectivity index (χ3v) is 3.69. The standard InChI is InChI=1S/C14H27NO/c1-5-12(16)15-13(14(2,3)4)11-9-7-6-8-10-11/h11,13H,5-10H2,1-4H3,(H,15,16). The molecule has 0 heterocycles. The molecule has 16 heavy (non-hydrogen) atoms. The molecule has 1 atom stereocenters. The van der Waals surface area contributed by atoms with Crippen molar-refractivity contribution in [2.75, 3.05) is 0 Å². The second-order valence-corrected chi connectivity index (χ2v) is 6.16. The van der Waals surface area contributed by atoms with Crippen LogP contribution in [-0.4, -0.2) is 11.9 Å². The fraction of sp³-hybridized carbons (Fsp3) is 0.929. The van der Waals surface area contributed by atoms with Gasteiger partial charge in [-0.2, -0.15) is 0 Å². The van der Waals surface area contributed by atoms with Crippen molar-refractivity contribution < 1.29 is 4.79 Å². The molecule has 1 saturated carbocycles. The average Bonchev–Trinajstić information content (AvgIpc) is 2.25. The Bertz CT molecular complexity index is 223. The second kappa shape index (κ2) is 5.70. The Kier molecular flexibility index (Phi) is 4.82. The lowest BCUT2D eigenvalue weighted by Crippen LogP contribution is -2.48. The van der Waals surface area contributed by atoms with Crippen LogP contribution in [0.4, 0.5) is 0 Å². The molecule has 0 aromatic carbocycles. The van der Waals surface area contributed by atoms with Gasteiger partial charge in [-0.15, -0.1) is 0 Å². The van der Waals surface area contributed by atoms with Crippen LogP contribution < -0.4 is 5.32 Å². The van der Waals surface area contributed by atoms with Crippen LogP contribution >= 0.6 is 0 Å². The van der Waals surface area contributed by atoms with Crippen molar-refractivity contribution in [2.24, 2.45) is 11.3 Å². The zero-order valence-electron chi connectivity index (χ0n) is 11.3. The van der Waals surface area contributed by atoms with Gasteiger partial charge < -0.3 is 5.32 Å². The molecule has 0 aromatic rings. The maximum Gasteiger partial charge on any atom is 0.219 e. The molecule has 1 amide bonds. The Hall–Kier alpha value is -0.530. The van der Waals surface area contributed by atoms with E-state index in [1.165, 1.54) is 32.1 Å². The summed E-state index contributed by atoms with van der Waals surface area (Å²) in [5, 5.41) is 3.24. The molecule has 0 aromatic heterocycles. The van der Waals surface area contributed by atoms with Crippen molar-refractivity contribution in [1.29, 1.82) is 0 Å². The van der Waals surface area contributed by atoms with Gasteiger partial charge in [-0.25, -0.2) is 0 Å². The Balaban J connectivity index is 2.66. The molecule has 0 spiro atoms. The van der Waals surface area contributed by atoms with Crippen molar-refractivity contribution in [3.05, 3.63) is 0 Å². The van der Waals surface area contributed by atoms with Crippen molar-refractivity contribution in [1.82, 2.24) is 5.32 Å². The number of carbonyl (C=O) groups excluding carboxylic acids is 1. The van der Waals surface area contributed by atoms with Gasteiger partial charge in [0, 0.05) is 12.5 Å². The summed E-state index contributed by atoms with van der Waals surface area (Å²) < 4.78 is 0. The maximum atomic E-state index is 11.6. The van der Waals surface area contributed by atoms with Gasteiger partial charge in [0.2, 0.25) is 5.91 Å². The number of nitrogens with one attached hydrogen (secondary N) is 1. The summed E-state index contributed by atoms with van der Waals surface area (Å²) in [5.41, 5.74) is 0.173. The Morgan fingerprint density at radius 3 is 2.25 bits per heavy atom. The van der Waals surface area contributed by atoms with Crippen molar-refractivity contribution in [3.63, 3.8) is 0 Å². The largest absolute Gasteiger partial charge is 0.353 e. The first-order chi connectivity index (χ1) is 7.45. The molecule has 94 valence electrons. The quantitative estimate of drug-likeness (QED) is 0.782. The molecular weight excluding hydrogens is 198 g/mol. The van der Waals surface area contributed by atoms with Gasteiger partial charge in [-0.3, -0.25) is 4.79 Å². The fourth-order valence-corrected chi connectivity index (χ4v) is 2.78. The normalized spacial score (nSPS) is 20.5. The highest BCUT2D eigenvalue weighted by molar-refractivity contribution is 5.75. The van der Waals surface area contributed by atoms with E-state index in [9.17, 15) is 4.79 Å². The van der Waals surface area contributed by atoms with Gasteiger partial charge >= 0.3 is 0 Å². The molecule has 1 aliphatic carbocycles. The number of rotatable bonds is 3. The Morgan fingerprint density at radius 2 is 1.81 bits per heavy atom. The average molecular weight is 225 g/mol. The monoisotopic (exact) mass is 225 g/mol. The first kappa shape index (κ1) is 13.5.